The van der Waals surface area contributed by atoms with Gasteiger partial charge in [-0.3, -0.25) is 0 Å². The van der Waals surface area contributed by atoms with Crippen LogP contribution < -0.4 is 0 Å². The van der Waals surface area contributed by atoms with Crippen LogP contribution >= 0.6 is 0 Å². The number of nitrogens with zero attached hydrogens (tertiary/aromatic N) is 3. The van der Waals surface area contributed by atoms with Gasteiger partial charge in [-0.05, 0) is 25.7 Å². The third-order valence-corrected chi connectivity index (χ3v) is 6.16. The van der Waals surface area contributed by atoms with Crippen molar-refractivity contribution in [1.82, 2.24) is 14.8 Å². The van der Waals surface area contributed by atoms with E-state index in [1.54, 1.807) is 0 Å². The minimum atomic E-state index is -2.95. The highest BCUT2D eigenvalue weighted by Gasteiger charge is 2.33. The molecule has 1 aromatic rings. The molecule has 18 heavy (non-hydrogen) atoms. The molecule has 0 aliphatic carbocycles. The van der Waals surface area contributed by atoms with E-state index >= 15 is 0 Å². The maximum Gasteiger partial charge on any atom is 0.161 e. The summed E-state index contributed by atoms with van der Waals surface area (Å²) in [6, 6.07) is 0. The summed E-state index contributed by atoms with van der Waals surface area (Å²) in [7, 11) is -2.95. The molecule has 1 N–H and O–H groups in total. The van der Waals surface area contributed by atoms with Crippen LogP contribution in [0.25, 0.3) is 0 Å². The Morgan fingerprint density at radius 2 is 2.11 bits per heavy atom. The minimum Gasteiger partial charge on any atom is -0.385 e. The lowest BCUT2D eigenvalue weighted by molar-refractivity contribution is 0.133. The molecular weight excluding hydrogens is 254 g/mol. The lowest BCUT2D eigenvalue weighted by Gasteiger charge is -2.20. The summed E-state index contributed by atoms with van der Waals surface area (Å²) in [5.41, 5.74) is 0. The summed E-state index contributed by atoms with van der Waals surface area (Å²) in [4.78, 5) is 0. The quantitative estimate of drug-likeness (QED) is 0.832. The first-order chi connectivity index (χ1) is 8.58. The second kappa shape index (κ2) is 4.31. The van der Waals surface area contributed by atoms with Crippen molar-refractivity contribution >= 4 is 9.84 Å². The first-order valence-corrected chi connectivity index (χ1v) is 8.11. The fourth-order valence-electron chi connectivity index (χ4n) is 2.85. The van der Waals surface area contributed by atoms with Gasteiger partial charge < -0.3 is 9.67 Å². The van der Waals surface area contributed by atoms with E-state index in [1.807, 2.05) is 4.57 Å². The standard InChI is InChI=1S/C11H17N3O3S/c15-9-4-1-5-14-10(12-13-11(9)14)7-8-3-2-6-18(8,16)17/h8-9,15H,1-7H2. The van der Waals surface area contributed by atoms with E-state index in [2.05, 4.69) is 10.2 Å². The molecule has 3 heterocycles. The summed E-state index contributed by atoms with van der Waals surface area (Å²) in [5, 5.41) is 17.5. The predicted octanol–water partition coefficient (Wildman–Crippen LogP) is 0.225. The van der Waals surface area contributed by atoms with E-state index in [-0.39, 0.29) is 5.25 Å². The molecule has 2 unspecified atom stereocenters. The van der Waals surface area contributed by atoms with Gasteiger partial charge in [0, 0.05) is 13.0 Å². The van der Waals surface area contributed by atoms with Gasteiger partial charge >= 0.3 is 0 Å². The number of fused-ring (bicyclic) bond motifs is 1. The normalized spacial score (nSPS) is 30.3. The average Bonchev–Trinajstić information content (AvgIpc) is 2.86. The van der Waals surface area contributed by atoms with Crippen molar-refractivity contribution in [2.24, 2.45) is 0 Å². The molecule has 0 radical (unpaired) electrons. The molecule has 2 aliphatic rings. The van der Waals surface area contributed by atoms with Crippen LogP contribution in [0.2, 0.25) is 0 Å². The van der Waals surface area contributed by atoms with Gasteiger partial charge in [0.05, 0.1) is 11.0 Å². The zero-order chi connectivity index (χ0) is 12.8. The second-order valence-corrected chi connectivity index (χ2v) is 7.52. The molecule has 0 bridgehead atoms. The topological polar surface area (TPSA) is 85.1 Å². The molecule has 2 atom stereocenters. The fourth-order valence-corrected chi connectivity index (χ4v) is 4.68. The van der Waals surface area contributed by atoms with Gasteiger partial charge in [-0.2, -0.15) is 0 Å². The van der Waals surface area contributed by atoms with E-state index in [0.717, 1.165) is 19.4 Å². The van der Waals surface area contributed by atoms with Crippen LogP contribution in [0, 0.1) is 0 Å². The number of aromatic nitrogens is 3. The van der Waals surface area contributed by atoms with Crippen molar-refractivity contribution in [3.63, 3.8) is 0 Å². The number of aliphatic hydroxyl groups is 1. The van der Waals surface area contributed by atoms with Gasteiger partial charge in [0.15, 0.2) is 15.7 Å². The molecule has 100 valence electrons. The molecule has 0 spiro atoms. The molecule has 6 nitrogen and oxygen atoms in total. The van der Waals surface area contributed by atoms with Gasteiger partial charge in [-0.1, -0.05) is 0 Å². The van der Waals surface area contributed by atoms with Crippen LogP contribution in [0.1, 0.15) is 43.4 Å². The Kier molecular flexibility index (Phi) is 2.90. The van der Waals surface area contributed by atoms with Crippen LogP contribution in [-0.4, -0.2) is 39.3 Å². The third kappa shape index (κ3) is 1.95. The van der Waals surface area contributed by atoms with Gasteiger partial charge in [0.1, 0.15) is 11.9 Å². The molecular formula is C11H17N3O3S. The Balaban J connectivity index is 1.86. The Bertz CT molecular complexity index is 552. The fraction of sp³-hybridized carbons (Fsp3) is 0.818. The van der Waals surface area contributed by atoms with Crippen LogP contribution in [-0.2, 0) is 22.8 Å². The lowest BCUT2D eigenvalue weighted by atomic mass is 10.1. The summed E-state index contributed by atoms with van der Waals surface area (Å²) in [6.07, 6.45) is 2.93. The Hall–Kier alpha value is -0.950. The van der Waals surface area contributed by atoms with Crippen molar-refractivity contribution < 1.29 is 13.5 Å². The molecule has 1 fully saturated rings. The summed E-state index contributed by atoms with van der Waals surface area (Å²) < 4.78 is 25.5. The molecule has 2 aliphatic heterocycles. The van der Waals surface area contributed by atoms with Crippen LogP contribution in [0.15, 0.2) is 0 Å². The van der Waals surface area contributed by atoms with Crippen molar-refractivity contribution in [1.29, 1.82) is 0 Å². The molecule has 1 saturated heterocycles. The first kappa shape index (κ1) is 12.1. The van der Waals surface area contributed by atoms with Crippen LogP contribution in [0.4, 0.5) is 0 Å². The van der Waals surface area contributed by atoms with E-state index in [0.29, 0.717) is 36.7 Å². The zero-order valence-corrected chi connectivity index (χ0v) is 10.9. The summed E-state index contributed by atoms with van der Waals surface area (Å²) in [5.74, 6) is 1.59. The van der Waals surface area contributed by atoms with Crippen molar-refractivity contribution in [3.8, 4) is 0 Å². The molecule has 7 heteroatoms. The molecule has 0 aromatic carbocycles. The Morgan fingerprint density at radius 3 is 2.83 bits per heavy atom. The Labute approximate surface area is 106 Å². The molecule has 3 rings (SSSR count). The van der Waals surface area contributed by atoms with E-state index in [9.17, 15) is 13.5 Å². The zero-order valence-electron chi connectivity index (χ0n) is 10.1. The molecule has 0 amide bonds. The predicted molar refractivity (Wildman–Crippen MR) is 64.7 cm³/mol. The maximum absolute atomic E-state index is 11.8. The number of rotatable bonds is 2. The highest BCUT2D eigenvalue weighted by Crippen LogP contribution is 2.27. The van der Waals surface area contributed by atoms with Crippen molar-refractivity contribution in [2.45, 2.75) is 50.0 Å². The maximum atomic E-state index is 11.8. The third-order valence-electron chi connectivity index (χ3n) is 3.89. The van der Waals surface area contributed by atoms with E-state index < -0.39 is 15.9 Å². The molecule has 0 saturated carbocycles. The van der Waals surface area contributed by atoms with Gasteiger partial charge in [0.25, 0.3) is 0 Å². The van der Waals surface area contributed by atoms with Crippen LogP contribution in [0.5, 0.6) is 0 Å². The van der Waals surface area contributed by atoms with Gasteiger partial charge in [0.2, 0.25) is 0 Å². The summed E-state index contributed by atoms with van der Waals surface area (Å²) in [6.45, 7) is 0.779. The monoisotopic (exact) mass is 271 g/mol. The van der Waals surface area contributed by atoms with E-state index in [4.69, 9.17) is 0 Å². The smallest absolute Gasteiger partial charge is 0.161 e. The average molecular weight is 271 g/mol. The summed E-state index contributed by atoms with van der Waals surface area (Å²) >= 11 is 0. The van der Waals surface area contributed by atoms with Crippen molar-refractivity contribution in [3.05, 3.63) is 11.6 Å². The van der Waals surface area contributed by atoms with Crippen molar-refractivity contribution in [2.75, 3.05) is 5.75 Å². The highest BCUT2D eigenvalue weighted by molar-refractivity contribution is 7.92. The largest absolute Gasteiger partial charge is 0.385 e. The van der Waals surface area contributed by atoms with Gasteiger partial charge in [-0.15, -0.1) is 10.2 Å². The Morgan fingerprint density at radius 1 is 1.28 bits per heavy atom. The first-order valence-electron chi connectivity index (χ1n) is 6.39. The number of sulfone groups is 1. The molecule has 1 aromatic heterocycles. The van der Waals surface area contributed by atoms with Gasteiger partial charge in [-0.25, -0.2) is 8.42 Å². The van der Waals surface area contributed by atoms with E-state index in [1.165, 1.54) is 0 Å². The number of aliphatic hydroxyl groups excluding tert-OH is 1. The SMILES string of the molecule is O=S1(=O)CCCC1Cc1nnc2n1CCCC2O. The number of hydrogen-bond donors (Lipinski definition) is 1. The van der Waals surface area contributed by atoms with Crippen LogP contribution in [0.3, 0.4) is 0 Å². The number of hydrogen-bond acceptors (Lipinski definition) is 5. The lowest BCUT2D eigenvalue weighted by Crippen LogP contribution is -2.23. The second-order valence-electron chi connectivity index (χ2n) is 5.12. The minimum absolute atomic E-state index is 0.293. The highest BCUT2D eigenvalue weighted by atomic mass is 32.2.